The molecule has 0 spiro atoms. The summed E-state index contributed by atoms with van der Waals surface area (Å²) in [5.41, 5.74) is 1.55. The standard InChI is InChI=1S/C13H15FO2/c1-3-10-4-6-11(7-5-10)12(13(15)16)9(2)8-14/h3-7,9,12H,1,8H2,2H3,(H,15,16). The van der Waals surface area contributed by atoms with Crippen LogP contribution in [0.25, 0.3) is 6.08 Å². The van der Waals surface area contributed by atoms with Crippen LogP contribution in [0.2, 0.25) is 0 Å². The van der Waals surface area contributed by atoms with E-state index in [2.05, 4.69) is 6.58 Å². The largest absolute Gasteiger partial charge is 0.481 e. The third-order valence-electron chi connectivity index (χ3n) is 2.61. The molecule has 0 fully saturated rings. The fraction of sp³-hybridized carbons (Fsp3) is 0.308. The maximum atomic E-state index is 12.5. The van der Waals surface area contributed by atoms with Gasteiger partial charge in [0.2, 0.25) is 0 Å². The van der Waals surface area contributed by atoms with Gasteiger partial charge in [0.1, 0.15) is 0 Å². The maximum Gasteiger partial charge on any atom is 0.311 e. The highest BCUT2D eigenvalue weighted by Gasteiger charge is 2.26. The molecule has 0 aliphatic rings. The zero-order valence-corrected chi connectivity index (χ0v) is 9.19. The molecule has 0 heterocycles. The molecule has 0 aliphatic heterocycles. The molecule has 2 nitrogen and oxygen atoms in total. The van der Waals surface area contributed by atoms with E-state index in [1.54, 1.807) is 37.3 Å². The molecule has 0 aromatic heterocycles. The van der Waals surface area contributed by atoms with Crippen molar-refractivity contribution in [2.75, 3.05) is 6.67 Å². The molecule has 3 heteroatoms. The van der Waals surface area contributed by atoms with Crippen molar-refractivity contribution < 1.29 is 14.3 Å². The molecule has 0 amide bonds. The van der Waals surface area contributed by atoms with E-state index in [-0.39, 0.29) is 0 Å². The van der Waals surface area contributed by atoms with Gasteiger partial charge in [0, 0.05) is 5.92 Å². The van der Waals surface area contributed by atoms with Crippen LogP contribution in [0, 0.1) is 5.92 Å². The van der Waals surface area contributed by atoms with Crippen LogP contribution in [0.4, 0.5) is 4.39 Å². The Morgan fingerprint density at radius 1 is 1.50 bits per heavy atom. The average Bonchev–Trinajstić information content (AvgIpc) is 2.29. The van der Waals surface area contributed by atoms with Crippen LogP contribution in [0.15, 0.2) is 30.8 Å². The molecule has 0 aliphatic carbocycles. The molecule has 1 aromatic rings. The van der Waals surface area contributed by atoms with Gasteiger partial charge in [0.25, 0.3) is 0 Å². The first-order valence-corrected chi connectivity index (χ1v) is 5.11. The van der Waals surface area contributed by atoms with Crippen molar-refractivity contribution in [1.82, 2.24) is 0 Å². The molecule has 0 saturated heterocycles. The fourth-order valence-electron chi connectivity index (χ4n) is 1.64. The van der Waals surface area contributed by atoms with Crippen molar-refractivity contribution in [2.45, 2.75) is 12.8 Å². The number of carboxylic acid groups (broad SMARTS) is 1. The van der Waals surface area contributed by atoms with Gasteiger partial charge in [0.15, 0.2) is 0 Å². The van der Waals surface area contributed by atoms with Gasteiger partial charge in [-0.1, -0.05) is 43.8 Å². The van der Waals surface area contributed by atoms with Crippen LogP contribution in [-0.2, 0) is 4.79 Å². The molecule has 1 rings (SSSR count). The highest BCUT2D eigenvalue weighted by molar-refractivity contribution is 5.76. The second-order valence-corrected chi connectivity index (χ2v) is 3.82. The number of alkyl halides is 1. The lowest BCUT2D eigenvalue weighted by atomic mass is 9.88. The molecule has 0 saturated carbocycles. The summed E-state index contributed by atoms with van der Waals surface area (Å²) in [5.74, 6) is -2.30. The second-order valence-electron chi connectivity index (χ2n) is 3.82. The normalized spacial score (nSPS) is 14.1. The SMILES string of the molecule is C=Cc1ccc(C(C(=O)O)C(C)CF)cc1. The van der Waals surface area contributed by atoms with Crippen molar-refractivity contribution in [3.8, 4) is 0 Å². The molecular formula is C13H15FO2. The Bertz CT molecular complexity index is 370. The monoisotopic (exact) mass is 222 g/mol. The highest BCUT2D eigenvalue weighted by atomic mass is 19.1. The zero-order chi connectivity index (χ0) is 12.1. The molecule has 16 heavy (non-hydrogen) atoms. The Kier molecular flexibility index (Phi) is 4.23. The predicted octanol–water partition coefficient (Wildman–Crippen LogP) is 3.10. The number of benzene rings is 1. The molecule has 0 bridgehead atoms. The second kappa shape index (κ2) is 5.45. The number of rotatable bonds is 5. The zero-order valence-electron chi connectivity index (χ0n) is 9.19. The molecule has 2 atom stereocenters. The summed E-state index contributed by atoms with van der Waals surface area (Å²) in [7, 11) is 0. The van der Waals surface area contributed by atoms with Crippen LogP contribution in [0.1, 0.15) is 24.0 Å². The van der Waals surface area contributed by atoms with Gasteiger partial charge in [-0.25, -0.2) is 0 Å². The van der Waals surface area contributed by atoms with Gasteiger partial charge < -0.3 is 5.11 Å². The molecule has 1 aromatic carbocycles. The Morgan fingerprint density at radius 2 is 2.06 bits per heavy atom. The Morgan fingerprint density at radius 3 is 2.44 bits per heavy atom. The first-order chi connectivity index (χ1) is 7.60. The summed E-state index contributed by atoms with van der Waals surface area (Å²) in [4.78, 5) is 11.1. The smallest absolute Gasteiger partial charge is 0.311 e. The number of carboxylic acids is 1. The van der Waals surface area contributed by atoms with Crippen molar-refractivity contribution in [3.63, 3.8) is 0 Å². The van der Waals surface area contributed by atoms with E-state index in [0.717, 1.165) is 5.56 Å². The minimum Gasteiger partial charge on any atom is -0.481 e. The van der Waals surface area contributed by atoms with E-state index < -0.39 is 24.5 Å². The number of halogens is 1. The molecule has 86 valence electrons. The topological polar surface area (TPSA) is 37.3 Å². The van der Waals surface area contributed by atoms with Crippen LogP contribution >= 0.6 is 0 Å². The van der Waals surface area contributed by atoms with Crippen LogP contribution < -0.4 is 0 Å². The lowest BCUT2D eigenvalue weighted by Crippen LogP contribution is -2.20. The van der Waals surface area contributed by atoms with Crippen molar-refractivity contribution in [3.05, 3.63) is 42.0 Å². The van der Waals surface area contributed by atoms with Gasteiger partial charge >= 0.3 is 5.97 Å². The van der Waals surface area contributed by atoms with E-state index in [1.807, 2.05) is 0 Å². The van der Waals surface area contributed by atoms with E-state index in [0.29, 0.717) is 5.56 Å². The number of carbonyl (C=O) groups is 1. The van der Waals surface area contributed by atoms with E-state index in [1.165, 1.54) is 0 Å². The number of hydrogen-bond acceptors (Lipinski definition) is 1. The minimum absolute atomic E-state index is 0.521. The fourth-order valence-corrected chi connectivity index (χ4v) is 1.64. The van der Waals surface area contributed by atoms with Crippen molar-refractivity contribution in [1.29, 1.82) is 0 Å². The van der Waals surface area contributed by atoms with E-state index in [4.69, 9.17) is 5.11 Å². The van der Waals surface area contributed by atoms with E-state index in [9.17, 15) is 9.18 Å². The summed E-state index contributed by atoms with van der Waals surface area (Å²) in [6.07, 6.45) is 1.68. The van der Waals surface area contributed by atoms with Crippen molar-refractivity contribution in [2.24, 2.45) is 5.92 Å². The summed E-state index contributed by atoms with van der Waals surface area (Å²) in [6, 6.07) is 6.98. The van der Waals surface area contributed by atoms with Gasteiger partial charge in [-0.15, -0.1) is 0 Å². The van der Waals surface area contributed by atoms with Gasteiger partial charge in [-0.2, -0.15) is 0 Å². The van der Waals surface area contributed by atoms with Crippen LogP contribution in [0.3, 0.4) is 0 Å². The predicted molar refractivity (Wildman–Crippen MR) is 62.0 cm³/mol. The van der Waals surface area contributed by atoms with E-state index >= 15 is 0 Å². The summed E-state index contributed by atoms with van der Waals surface area (Å²) < 4.78 is 12.5. The summed E-state index contributed by atoms with van der Waals surface area (Å²) in [5, 5.41) is 9.07. The molecule has 1 N–H and O–H groups in total. The number of hydrogen-bond donors (Lipinski definition) is 1. The number of aliphatic carboxylic acids is 1. The minimum atomic E-state index is -0.989. The Hall–Kier alpha value is -1.64. The van der Waals surface area contributed by atoms with Crippen LogP contribution in [-0.4, -0.2) is 17.8 Å². The Balaban J connectivity index is 3.01. The van der Waals surface area contributed by atoms with Gasteiger partial charge in [-0.3, -0.25) is 9.18 Å². The first kappa shape index (κ1) is 12.4. The quantitative estimate of drug-likeness (QED) is 0.831. The van der Waals surface area contributed by atoms with Gasteiger partial charge in [0.05, 0.1) is 12.6 Å². The maximum absolute atomic E-state index is 12.5. The third-order valence-corrected chi connectivity index (χ3v) is 2.61. The summed E-state index contributed by atoms with van der Waals surface area (Å²) in [6.45, 7) is 4.57. The molecule has 0 radical (unpaired) electrons. The first-order valence-electron chi connectivity index (χ1n) is 5.11. The lowest BCUT2D eigenvalue weighted by molar-refractivity contribution is -0.140. The third kappa shape index (κ3) is 2.69. The summed E-state index contributed by atoms with van der Waals surface area (Å²) >= 11 is 0. The van der Waals surface area contributed by atoms with Gasteiger partial charge in [-0.05, 0) is 11.1 Å². The molecular weight excluding hydrogens is 207 g/mol. The molecule has 2 unspecified atom stereocenters. The van der Waals surface area contributed by atoms with Crippen molar-refractivity contribution >= 4 is 12.0 Å². The van der Waals surface area contributed by atoms with Crippen LogP contribution in [0.5, 0.6) is 0 Å². The average molecular weight is 222 g/mol. The lowest BCUT2D eigenvalue weighted by Gasteiger charge is -2.17. The Labute approximate surface area is 94.4 Å². The highest BCUT2D eigenvalue weighted by Crippen LogP contribution is 2.25.